The first-order chi connectivity index (χ1) is 11.6. The number of hydrogen-bond acceptors (Lipinski definition) is 2. The van der Waals surface area contributed by atoms with Crippen LogP contribution in [-0.2, 0) is 10.2 Å². The number of nitrogens with one attached hydrogen (secondary N) is 2. The number of halogens is 2. The molecular weight excluding hydrogens is 355 g/mol. The van der Waals surface area contributed by atoms with E-state index in [1.54, 1.807) is 0 Å². The molecule has 1 aliphatic heterocycles. The average molecular weight is 385 g/mol. The maximum absolute atomic E-state index is 12.4. The zero-order valence-electron chi connectivity index (χ0n) is 15.0. The van der Waals surface area contributed by atoms with Gasteiger partial charge in [0, 0.05) is 23.4 Å². The van der Waals surface area contributed by atoms with Gasteiger partial charge in [0.1, 0.15) is 0 Å². The van der Waals surface area contributed by atoms with Crippen molar-refractivity contribution in [1.29, 1.82) is 0 Å². The first-order valence-corrected chi connectivity index (χ1v) is 9.70. The minimum Gasteiger partial charge on any atom is -0.355 e. The van der Waals surface area contributed by atoms with Gasteiger partial charge in [-0.05, 0) is 68.3 Å². The van der Waals surface area contributed by atoms with Crippen LogP contribution >= 0.6 is 24.0 Å². The SMILES string of the molecule is CC(CC(=O)NCC1(c2ccc(Cl)cc2)CCC1)C1CCNCC1.Cl. The second-order valence-electron chi connectivity index (χ2n) is 7.69. The third-order valence-electron chi connectivity index (χ3n) is 6.09. The Bertz CT molecular complexity index is 551. The fourth-order valence-corrected chi connectivity index (χ4v) is 4.31. The molecule has 3 rings (SSSR count). The van der Waals surface area contributed by atoms with Crippen molar-refractivity contribution in [2.24, 2.45) is 11.8 Å². The van der Waals surface area contributed by atoms with Gasteiger partial charge in [0.05, 0.1) is 0 Å². The molecule has 3 nitrogen and oxygen atoms in total. The molecule has 2 fully saturated rings. The van der Waals surface area contributed by atoms with Gasteiger partial charge in [0.2, 0.25) is 5.91 Å². The summed E-state index contributed by atoms with van der Waals surface area (Å²) in [6, 6.07) is 8.15. The molecule has 1 unspecified atom stereocenters. The molecule has 1 saturated heterocycles. The van der Waals surface area contributed by atoms with E-state index in [4.69, 9.17) is 11.6 Å². The van der Waals surface area contributed by atoms with Crippen LogP contribution in [0.3, 0.4) is 0 Å². The van der Waals surface area contributed by atoms with Gasteiger partial charge >= 0.3 is 0 Å². The van der Waals surface area contributed by atoms with E-state index in [1.807, 2.05) is 12.1 Å². The van der Waals surface area contributed by atoms with E-state index in [9.17, 15) is 4.79 Å². The van der Waals surface area contributed by atoms with E-state index >= 15 is 0 Å². The Kier molecular flexibility index (Phi) is 7.60. The third kappa shape index (κ3) is 5.12. The minimum atomic E-state index is 0. The highest BCUT2D eigenvalue weighted by Gasteiger charge is 2.38. The molecule has 0 aromatic heterocycles. The van der Waals surface area contributed by atoms with Crippen LogP contribution in [0.5, 0.6) is 0 Å². The van der Waals surface area contributed by atoms with Crippen molar-refractivity contribution < 1.29 is 4.79 Å². The zero-order valence-corrected chi connectivity index (χ0v) is 16.6. The standard InChI is InChI=1S/C20H29ClN2O.ClH/c1-15(16-7-11-22-12-8-16)13-19(24)23-14-20(9-2-10-20)17-3-5-18(21)6-4-17;/h3-6,15-16,22H,2,7-14H2,1H3,(H,23,24);1H. The molecular formula is C20H30Cl2N2O. The van der Waals surface area contributed by atoms with E-state index in [1.165, 1.54) is 24.8 Å². The Labute approximate surface area is 162 Å². The summed E-state index contributed by atoms with van der Waals surface area (Å²) in [5.41, 5.74) is 1.43. The molecule has 1 aromatic carbocycles. The summed E-state index contributed by atoms with van der Waals surface area (Å²) in [7, 11) is 0. The quantitative estimate of drug-likeness (QED) is 0.766. The summed E-state index contributed by atoms with van der Waals surface area (Å²) in [5, 5.41) is 7.39. The maximum Gasteiger partial charge on any atom is 0.220 e. The molecule has 2 aliphatic rings. The van der Waals surface area contributed by atoms with Gasteiger partial charge in [0.15, 0.2) is 0 Å². The van der Waals surface area contributed by atoms with E-state index in [0.717, 1.165) is 37.5 Å². The normalized spacial score (nSPS) is 20.9. The van der Waals surface area contributed by atoms with E-state index in [-0.39, 0.29) is 23.7 Å². The van der Waals surface area contributed by atoms with Crippen LogP contribution in [0.25, 0.3) is 0 Å². The number of carbonyl (C=O) groups excluding carboxylic acids is 1. The van der Waals surface area contributed by atoms with Crippen molar-refractivity contribution >= 4 is 29.9 Å². The van der Waals surface area contributed by atoms with Gasteiger partial charge in [-0.3, -0.25) is 4.79 Å². The molecule has 1 aromatic rings. The second-order valence-corrected chi connectivity index (χ2v) is 8.12. The monoisotopic (exact) mass is 384 g/mol. The van der Waals surface area contributed by atoms with E-state index < -0.39 is 0 Å². The molecule has 25 heavy (non-hydrogen) atoms. The minimum absolute atomic E-state index is 0. The molecule has 1 amide bonds. The number of rotatable bonds is 6. The van der Waals surface area contributed by atoms with Gasteiger partial charge in [0.25, 0.3) is 0 Å². The van der Waals surface area contributed by atoms with Crippen molar-refractivity contribution in [2.75, 3.05) is 19.6 Å². The van der Waals surface area contributed by atoms with Crippen LogP contribution in [-0.4, -0.2) is 25.5 Å². The van der Waals surface area contributed by atoms with Crippen LogP contribution in [0.15, 0.2) is 24.3 Å². The van der Waals surface area contributed by atoms with Gasteiger partial charge < -0.3 is 10.6 Å². The molecule has 1 saturated carbocycles. The van der Waals surface area contributed by atoms with E-state index in [2.05, 4.69) is 29.7 Å². The van der Waals surface area contributed by atoms with Crippen LogP contribution in [0, 0.1) is 11.8 Å². The number of benzene rings is 1. The van der Waals surface area contributed by atoms with Crippen molar-refractivity contribution in [3.8, 4) is 0 Å². The highest BCUT2D eigenvalue weighted by atomic mass is 35.5. The van der Waals surface area contributed by atoms with Gasteiger partial charge in [-0.2, -0.15) is 0 Å². The predicted molar refractivity (Wildman–Crippen MR) is 107 cm³/mol. The summed E-state index contributed by atoms with van der Waals surface area (Å²) in [6.45, 7) is 5.17. The smallest absolute Gasteiger partial charge is 0.220 e. The summed E-state index contributed by atoms with van der Waals surface area (Å²) in [6.07, 6.45) is 6.59. The van der Waals surface area contributed by atoms with Crippen LogP contribution in [0.2, 0.25) is 5.02 Å². The number of amides is 1. The molecule has 1 heterocycles. The summed E-state index contributed by atoms with van der Waals surface area (Å²) in [4.78, 5) is 12.4. The second kappa shape index (κ2) is 9.25. The fraction of sp³-hybridized carbons (Fsp3) is 0.650. The number of carbonyl (C=O) groups is 1. The molecule has 0 radical (unpaired) electrons. The first-order valence-electron chi connectivity index (χ1n) is 9.32. The Morgan fingerprint density at radius 2 is 1.92 bits per heavy atom. The van der Waals surface area contributed by atoms with Crippen molar-refractivity contribution in [3.63, 3.8) is 0 Å². The average Bonchev–Trinajstić information content (AvgIpc) is 2.56. The molecule has 0 spiro atoms. The van der Waals surface area contributed by atoms with Crippen LogP contribution < -0.4 is 10.6 Å². The van der Waals surface area contributed by atoms with Gasteiger partial charge in [-0.15, -0.1) is 12.4 Å². The highest BCUT2D eigenvalue weighted by molar-refractivity contribution is 6.30. The topological polar surface area (TPSA) is 41.1 Å². The van der Waals surface area contributed by atoms with E-state index in [0.29, 0.717) is 18.3 Å². The van der Waals surface area contributed by atoms with Crippen molar-refractivity contribution in [2.45, 2.75) is 50.9 Å². The number of hydrogen-bond donors (Lipinski definition) is 2. The highest BCUT2D eigenvalue weighted by Crippen LogP contribution is 2.43. The third-order valence-corrected chi connectivity index (χ3v) is 6.34. The lowest BCUT2D eigenvalue weighted by molar-refractivity contribution is -0.122. The van der Waals surface area contributed by atoms with Gasteiger partial charge in [-0.25, -0.2) is 0 Å². The predicted octanol–water partition coefficient (Wildman–Crippen LogP) is 4.33. The summed E-state index contributed by atoms with van der Waals surface area (Å²) >= 11 is 6.01. The largest absolute Gasteiger partial charge is 0.355 e. The Morgan fingerprint density at radius 1 is 1.28 bits per heavy atom. The lowest BCUT2D eigenvalue weighted by Gasteiger charge is -2.42. The first kappa shape index (κ1) is 20.5. The fourth-order valence-electron chi connectivity index (χ4n) is 4.19. The Balaban J connectivity index is 0.00000225. The zero-order chi connectivity index (χ0) is 17.0. The Morgan fingerprint density at radius 3 is 2.48 bits per heavy atom. The lowest BCUT2D eigenvalue weighted by atomic mass is 9.64. The molecule has 0 bridgehead atoms. The van der Waals surface area contributed by atoms with Crippen LogP contribution in [0.1, 0.15) is 51.0 Å². The Hall–Kier alpha value is -0.770. The summed E-state index contributed by atoms with van der Waals surface area (Å²) < 4.78 is 0. The number of piperidine rings is 1. The molecule has 1 atom stereocenters. The van der Waals surface area contributed by atoms with Crippen molar-refractivity contribution in [3.05, 3.63) is 34.9 Å². The molecule has 2 N–H and O–H groups in total. The lowest BCUT2D eigenvalue weighted by Crippen LogP contribution is -2.46. The van der Waals surface area contributed by atoms with Crippen molar-refractivity contribution in [1.82, 2.24) is 10.6 Å². The molecule has 140 valence electrons. The summed E-state index contributed by atoms with van der Waals surface area (Å²) in [5.74, 6) is 1.37. The molecule has 1 aliphatic carbocycles. The van der Waals surface area contributed by atoms with Gasteiger partial charge in [-0.1, -0.05) is 37.1 Å². The maximum atomic E-state index is 12.4. The molecule has 5 heteroatoms. The van der Waals surface area contributed by atoms with Crippen LogP contribution in [0.4, 0.5) is 0 Å².